The molecule has 0 saturated carbocycles. The van der Waals surface area contributed by atoms with Crippen molar-refractivity contribution in [3.8, 4) is 5.88 Å². The van der Waals surface area contributed by atoms with Crippen molar-refractivity contribution in [2.75, 3.05) is 7.11 Å². The Bertz CT molecular complexity index is 1700. The van der Waals surface area contributed by atoms with Crippen molar-refractivity contribution in [2.45, 2.75) is 12.0 Å². The van der Waals surface area contributed by atoms with E-state index >= 15 is 0 Å². The predicted molar refractivity (Wildman–Crippen MR) is 153 cm³/mol. The Kier molecular flexibility index (Phi) is 7.09. The third-order valence-corrected chi connectivity index (χ3v) is 7.39. The van der Waals surface area contributed by atoms with E-state index in [2.05, 4.69) is 5.10 Å². The number of halogens is 2. The van der Waals surface area contributed by atoms with E-state index in [0.717, 1.165) is 0 Å². The van der Waals surface area contributed by atoms with E-state index < -0.39 is 23.8 Å². The van der Waals surface area contributed by atoms with Gasteiger partial charge in [0.15, 0.2) is 5.69 Å². The number of rotatable bonds is 6. The van der Waals surface area contributed by atoms with Crippen LogP contribution in [0.15, 0.2) is 109 Å². The number of fused-ring (bicyclic) bond motifs is 1. The molecular weight excluding hydrogens is 563 g/mol. The third kappa shape index (κ3) is 4.58. The van der Waals surface area contributed by atoms with Crippen LogP contribution in [0.25, 0.3) is 0 Å². The Morgan fingerprint density at radius 1 is 0.854 bits per heavy atom. The Hall–Kier alpha value is -4.43. The van der Waals surface area contributed by atoms with Crippen LogP contribution in [0.2, 0.25) is 10.0 Å². The topological polar surface area (TPSA) is 79.7 Å². The maximum absolute atomic E-state index is 14.0. The van der Waals surface area contributed by atoms with Gasteiger partial charge in [-0.2, -0.15) is 9.78 Å². The summed E-state index contributed by atoms with van der Waals surface area (Å²) in [6.07, 6.45) is -1.13. The highest BCUT2D eigenvalue weighted by Gasteiger charge is 2.50. The lowest BCUT2D eigenvalue weighted by Crippen LogP contribution is -2.46. The van der Waals surface area contributed by atoms with Crippen molar-refractivity contribution < 1.29 is 23.8 Å². The van der Waals surface area contributed by atoms with E-state index in [-0.39, 0.29) is 17.1 Å². The molecule has 1 unspecified atom stereocenters. The van der Waals surface area contributed by atoms with E-state index in [1.54, 1.807) is 48.5 Å². The number of hydrogen-bond donors (Lipinski definition) is 0. The van der Waals surface area contributed by atoms with Gasteiger partial charge in [-0.1, -0.05) is 114 Å². The quantitative estimate of drug-likeness (QED) is 0.157. The maximum atomic E-state index is 14.0. The maximum Gasteiger partial charge on any atom is 0.359 e. The lowest BCUT2D eigenvalue weighted by Gasteiger charge is -2.42. The zero-order valence-electron chi connectivity index (χ0n) is 21.7. The molecule has 1 atom stereocenters. The highest BCUT2D eigenvalue weighted by Crippen LogP contribution is 2.49. The summed E-state index contributed by atoms with van der Waals surface area (Å²) >= 11 is 12.8. The van der Waals surface area contributed by atoms with Gasteiger partial charge in [-0.05, 0) is 18.2 Å². The van der Waals surface area contributed by atoms with Crippen LogP contribution in [0.4, 0.5) is 0 Å². The second-order valence-electron chi connectivity index (χ2n) is 9.24. The van der Waals surface area contributed by atoms with Crippen molar-refractivity contribution in [1.82, 2.24) is 9.78 Å². The summed E-state index contributed by atoms with van der Waals surface area (Å²) in [5, 5.41) is 5.39. The molecule has 9 heteroatoms. The van der Waals surface area contributed by atoms with Crippen LogP contribution in [-0.4, -0.2) is 28.6 Å². The largest absolute Gasteiger partial charge is 0.464 e. The van der Waals surface area contributed by atoms with Gasteiger partial charge in [-0.25, -0.2) is 4.79 Å². The lowest BCUT2D eigenvalue weighted by molar-refractivity contribution is -0.214. The standard InChI is InChI=1S/C32H22Cl2N2O5/c1-39-30(38)27-26(28(37)20-11-5-2-6-12-20)29-36(35-27)32(21-13-7-3-8-14-21,22-15-9-4-10-16-22)41-31(40-29)24-18-17-23(33)19-25(24)34/h2-19,31H,1H3. The van der Waals surface area contributed by atoms with Crippen molar-refractivity contribution in [3.05, 3.63) is 153 Å². The third-order valence-electron chi connectivity index (χ3n) is 6.83. The van der Waals surface area contributed by atoms with Crippen LogP contribution in [0.5, 0.6) is 5.88 Å². The average molecular weight is 585 g/mol. The molecule has 0 aliphatic carbocycles. The molecule has 2 heterocycles. The van der Waals surface area contributed by atoms with E-state index in [9.17, 15) is 9.59 Å². The second kappa shape index (κ2) is 10.9. The van der Waals surface area contributed by atoms with E-state index in [4.69, 9.17) is 37.4 Å². The summed E-state index contributed by atoms with van der Waals surface area (Å²) in [5.74, 6) is -1.25. The minimum absolute atomic E-state index is 0.0224. The predicted octanol–water partition coefficient (Wildman–Crippen LogP) is 7.06. The molecule has 0 N–H and O–H groups in total. The van der Waals surface area contributed by atoms with Crippen molar-refractivity contribution >= 4 is 35.0 Å². The van der Waals surface area contributed by atoms with Gasteiger partial charge >= 0.3 is 5.97 Å². The van der Waals surface area contributed by atoms with Crippen molar-refractivity contribution in [2.24, 2.45) is 0 Å². The molecule has 4 aromatic carbocycles. The fraction of sp³-hybridized carbons (Fsp3) is 0.0938. The second-order valence-corrected chi connectivity index (χ2v) is 10.1. The van der Waals surface area contributed by atoms with Crippen LogP contribution in [0, 0.1) is 0 Å². The number of methoxy groups -OCH3 is 1. The van der Waals surface area contributed by atoms with Crippen LogP contribution in [0.1, 0.15) is 49.4 Å². The summed E-state index contributed by atoms with van der Waals surface area (Å²) < 4.78 is 19.7. The Morgan fingerprint density at radius 2 is 1.44 bits per heavy atom. The van der Waals surface area contributed by atoms with Gasteiger partial charge in [-0.15, -0.1) is 0 Å². The number of esters is 1. The molecule has 0 saturated heterocycles. The van der Waals surface area contributed by atoms with Gasteiger partial charge in [0.05, 0.1) is 12.1 Å². The first-order valence-electron chi connectivity index (χ1n) is 12.7. The number of ether oxygens (including phenoxy) is 3. The van der Waals surface area contributed by atoms with E-state index in [1.165, 1.54) is 11.8 Å². The molecule has 1 aliphatic rings. The lowest BCUT2D eigenvalue weighted by atomic mass is 9.93. The summed E-state index contributed by atoms with van der Waals surface area (Å²) in [4.78, 5) is 27.2. The molecule has 1 aromatic heterocycles. The molecule has 5 aromatic rings. The molecule has 6 rings (SSSR count). The van der Waals surface area contributed by atoms with Gasteiger partial charge in [0, 0.05) is 27.3 Å². The average Bonchev–Trinajstić information content (AvgIpc) is 3.41. The highest BCUT2D eigenvalue weighted by molar-refractivity contribution is 6.35. The minimum Gasteiger partial charge on any atom is -0.464 e. The van der Waals surface area contributed by atoms with E-state index in [1.807, 2.05) is 60.7 Å². The molecule has 0 amide bonds. The first-order valence-corrected chi connectivity index (χ1v) is 13.4. The molecule has 1 aliphatic heterocycles. The number of aromatic nitrogens is 2. The van der Waals surface area contributed by atoms with Gasteiger partial charge in [0.25, 0.3) is 0 Å². The van der Waals surface area contributed by atoms with Gasteiger partial charge in [0.2, 0.25) is 23.7 Å². The molecule has 41 heavy (non-hydrogen) atoms. The van der Waals surface area contributed by atoms with Crippen LogP contribution in [-0.2, 0) is 15.2 Å². The van der Waals surface area contributed by atoms with Gasteiger partial charge in [0.1, 0.15) is 5.56 Å². The first-order chi connectivity index (χ1) is 19.9. The molecule has 0 radical (unpaired) electrons. The number of carbonyl (C=O) groups is 2. The number of carbonyl (C=O) groups excluding carboxylic acids is 2. The summed E-state index contributed by atoms with van der Waals surface area (Å²) in [6, 6.07) is 32.2. The first kappa shape index (κ1) is 26.8. The smallest absolute Gasteiger partial charge is 0.359 e. The number of ketones is 1. The molecule has 7 nitrogen and oxygen atoms in total. The van der Waals surface area contributed by atoms with Crippen molar-refractivity contribution in [1.29, 1.82) is 0 Å². The molecule has 0 fully saturated rings. The zero-order valence-corrected chi connectivity index (χ0v) is 23.2. The van der Waals surface area contributed by atoms with Crippen molar-refractivity contribution in [3.63, 3.8) is 0 Å². The number of hydrogen-bond acceptors (Lipinski definition) is 6. The number of nitrogens with zero attached hydrogens (tertiary/aromatic N) is 2. The Morgan fingerprint density at radius 3 is 2.00 bits per heavy atom. The summed E-state index contributed by atoms with van der Waals surface area (Å²) in [7, 11) is 1.23. The normalized spacial score (nSPS) is 15.4. The number of benzene rings is 4. The zero-order chi connectivity index (χ0) is 28.6. The van der Waals surface area contributed by atoms with Crippen LogP contribution in [0.3, 0.4) is 0 Å². The van der Waals surface area contributed by atoms with Gasteiger partial charge in [-0.3, -0.25) is 4.79 Å². The Labute approximate surface area is 245 Å². The molecule has 0 bridgehead atoms. The minimum atomic E-state index is -1.48. The molecule has 0 spiro atoms. The van der Waals surface area contributed by atoms with Crippen LogP contribution >= 0.6 is 23.2 Å². The molecular formula is C32H22Cl2N2O5. The summed E-state index contributed by atoms with van der Waals surface area (Å²) in [6.45, 7) is 0. The fourth-order valence-corrected chi connectivity index (χ4v) is 5.43. The highest BCUT2D eigenvalue weighted by atomic mass is 35.5. The van der Waals surface area contributed by atoms with E-state index in [0.29, 0.717) is 32.3 Å². The van der Waals surface area contributed by atoms with Gasteiger partial charge < -0.3 is 14.2 Å². The summed E-state index contributed by atoms with van der Waals surface area (Å²) in [5.41, 5.74) is 0.401. The Balaban J connectivity index is 1.70. The fourth-order valence-electron chi connectivity index (χ4n) is 4.93. The van der Waals surface area contributed by atoms with Crippen LogP contribution < -0.4 is 4.74 Å². The monoisotopic (exact) mass is 584 g/mol. The molecule has 204 valence electrons. The SMILES string of the molecule is COC(=O)c1nn2c(c1C(=O)c1ccccc1)OC(c1ccc(Cl)cc1Cl)OC2(c1ccccc1)c1ccccc1.